The van der Waals surface area contributed by atoms with Crippen LogP contribution in [-0.4, -0.2) is 0 Å². The Kier molecular flexibility index (Phi) is 4.37. The van der Waals surface area contributed by atoms with Crippen LogP contribution in [0.25, 0.3) is 0 Å². The van der Waals surface area contributed by atoms with Crippen LogP contribution in [0.3, 0.4) is 0 Å². The topological polar surface area (TPSA) is 0 Å². The van der Waals surface area contributed by atoms with Crippen LogP contribution in [-0.2, 0) is 0 Å². The zero-order valence-electron chi connectivity index (χ0n) is 3.18. The third-order valence-corrected chi connectivity index (χ3v) is 0.556. The summed E-state index contributed by atoms with van der Waals surface area (Å²) in [4.78, 5) is 0. The molecule has 1 heteroatoms. The molecule has 6 heavy (non-hydrogen) atoms. The van der Waals surface area contributed by atoms with Crippen molar-refractivity contribution < 1.29 is 37.3 Å². The molecule has 0 bridgehead atoms. The van der Waals surface area contributed by atoms with E-state index in [0.29, 0.717) is 0 Å². The standard InChI is InChI=1S/C5H5.Er/c1-2-4-5-3-1;/h1-5H;. The predicted octanol–water partition coefficient (Wildman–Crippen LogP) is 1.32. The molecule has 0 aromatic carbocycles. The van der Waals surface area contributed by atoms with Crippen LogP contribution >= 0.6 is 0 Å². The van der Waals surface area contributed by atoms with Crippen LogP contribution in [0, 0.1) is 43.7 Å². The Morgan fingerprint density at radius 2 is 1.17 bits per heavy atom. The minimum atomic E-state index is 0. The van der Waals surface area contributed by atoms with Gasteiger partial charge < -0.3 is 0 Å². The van der Waals surface area contributed by atoms with E-state index in [1.165, 1.54) is 0 Å². The van der Waals surface area contributed by atoms with Crippen LogP contribution in [0.4, 0.5) is 0 Å². The summed E-state index contributed by atoms with van der Waals surface area (Å²) in [5, 5.41) is 0. The van der Waals surface area contributed by atoms with Gasteiger partial charge in [0.05, 0.1) is 0 Å². The molecule has 0 aromatic rings. The normalized spacial score (nSPS) is 14.7. The molecule has 0 amide bonds. The Balaban J connectivity index is 0.000000250. The van der Waals surface area contributed by atoms with Gasteiger partial charge in [0, 0.05) is 43.7 Å². The van der Waals surface area contributed by atoms with Crippen molar-refractivity contribution in [3.8, 4) is 0 Å². The second kappa shape index (κ2) is 3.90. The summed E-state index contributed by atoms with van der Waals surface area (Å²) >= 11 is 0. The average Bonchev–Trinajstić information content (AvgIpc) is 1.76. The summed E-state index contributed by atoms with van der Waals surface area (Å²) in [6.07, 6.45) is 10.0. The Hall–Kier alpha value is 0.727. The van der Waals surface area contributed by atoms with Crippen molar-refractivity contribution in [2.24, 2.45) is 0 Å². The molecule has 0 aliphatic heterocycles. The van der Waals surface area contributed by atoms with Gasteiger partial charge in [-0.1, -0.05) is 24.3 Å². The summed E-state index contributed by atoms with van der Waals surface area (Å²) < 4.78 is 0. The van der Waals surface area contributed by atoms with Gasteiger partial charge in [-0.3, -0.25) is 0 Å². The molecule has 0 aromatic heterocycles. The van der Waals surface area contributed by atoms with E-state index in [4.69, 9.17) is 0 Å². The predicted molar refractivity (Wildman–Crippen MR) is 22.6 cm³/mol. The van der Waals surface area contributed by atoms with E-state index in [0.717, 1.165) is 0 Å². The second-order valence-corrected chi connectivity index (χ2v) is 0.962. The zero-order valence-corrected chi connectivity index (χ0v) is 5.03. The van der Waals surface area contributed by atoms with Crippen LogP contribution in [0.1, 0.15) is 0 Å². The van der Waals surface area contributed by atoms with Gasteiger partial charge in [-0.25, -0.2) is 0 Å². The fourth-order valence-corrected chi connectivity index (χ4v) is 0.321. The first-order valence-electron chi connectivity index (χ1n) is 1.67. The van der Waals surface area contributed by atoms with Crippen molar-refractivity contribution >= 4 is 0 Å². The first kappa shape index (κ1) is 6.73. The number of allylic oxidation sites excluding steroid dienone is 4. The molecule has 0 fully saturated rings. The van der Waals surface area contributed by atoms with Crippen molar-refractivity contribution in [3.05, 3.63) is 30.7 Å². The van der Waals surface area contributed by atoms with E-state index in [-0.39, 0.29) is 37.3 Å². The van der Waals surface area contributed by atoms with E-state index in [1.807, 2.05) is 30.7 Å². The van der Waals surface area contributed by atoms with E-state index in [9.17, 15) is 0 Å². The van der Waals surface area contributed by atoms with Gasteiger partial charge in [0.25, 0.3) is 0 Å². The molecule has 1 rings (SSSR count). The van der Waals surface area contributed by atoms with Crippen molar-refractivity contribution in [2.45, 2.75) is 0 Å². The summed E-state index contributed by atoms with van der Waals surface area (Å²) in [5.74, 6) is 0. The van der Waals surface area contributed by atoms with E-state index in [1.54, 1.807) is 0 Å². The third-order valence-electron chi connectivity index (χ3n) is 0.556. The molecule has 0 heterocycles. The minimum absolute atomic E-state index is 0. The third kappa shape index (κ3) is 2.00. The molecular formula is C5H5Er. The van der Waals surface area contributed by atoms with Crippen LogP contribution < -0.4 is 0 Å². The van der Waals surface area contributed by atoms with Gasteiger partial charge in [0.1, 0.15) is 0 Å². The quantitative estimate of drug-likeness (QED) is 0.591. The van der Waals surface area contributed by atoms with Crippen molar-refractivity contribution in [3.63, 3.8) is 0 Å². The molecule has 1 radical (unpaired) electrons. The van der Waals surface area contributed by atoms with Gasteiger partial charge in [0.15, 0.2) is 0 Å². The Morgan fingerprint density at radius 1 is 0.667 bits per heavy atom. The number of rotatable bonds is 0. The molecule has 37 valence electrons. The maximum absolute atomic E-state index is 2.00. The molecule has 0 saturated heterocycles. The molecule has 0 atom stereocenters. The molecule has 0 saturated carbocycles. The monoisotopic (exact) mass is 231 g/mol. The van der Waals surface area contributed by atoms with E-state index < -0.39 is 0 Å². The summed E-state index contributed by atoms with van der Waals surface area (Å²) in [5.41, 5.74) is 0. The van der Waals surface area contributed by atoms with Crippen molar-refractivity contribution in [1.82, 2.24) is 0 Å². The fourth-order valence-electron chi connectivity index (χ4n) is 0.321. The molecule has 1 aliphatic carbocycles. The first-order valence-corrected chi connectivity index (χ1v) is 1.67. The smallest absolute Gasteiger partial charge is 0.00506 e. The van der Waals surface area contributed by atoms with Crippen LogP contribution in [0.15, 0.2) is 24.3 Å². The van der Waals surface area contributed by atoms with Gasteiger partial charge in [-0.15, -0.1) is 0 Å². The number of hydrogen-bond acceptors (Lipinski definition) is 0. The van der Waals surface area contributed by atoms with Crippen LogP contribution in [0.5, 0.6) is 0 Å². The van der Waals surface area contributed by atoms with Crippen molar-refractivity contribution in [1.29, 1.82) is 0 Å². The molecular weight excluding hydrogens is 227 g/mol. The van der Waals surface area contributed by atoms with Gasteiger partial charge in [-0.05, 0) is 0 Å². The molecule has 0 spiro atoms. The molecule has 1 aliphatic rings. The molecule has 0 unspecified atom stereocenters. The maximum atomic E-state index is 2.00. The summed E-state index contributed by atoms with van der Waals surface area (Å²) in [6.45, 7) is 0. The SMILES string of the molecule is [CH]1C=CC=C1.[Er]. The summed E-state index contributed by atoms with van der Waals surface area (Å²) in [6, 6.07) is 0. The first-order chi connectivity index (χ1) is 2.50. The largest absolute Gasteiger partial charge is 0.0767 e. The fraction of sp³-hybridized carbons (Fsp3) is 0. The Labute approximate surface area is 67.5 Å². The van der Waals surface area contributed by atoms with Gasteiger partial charge in [-0.2, -0.15) is 0 Å². The van der Waals surface area contributed by atoms with Gasteiger partial charge in [0.2, 0.25) is 0 Å². The summed E-state index contributed by atoms with van der Waals surface area (Å²) in [7, 11) is 0. The van der Waals surface area contributed by atoms with Crippen molar-refractivity contribution in [2.75, 3.05) is 0 Å². The van der Waals surface area contributed by atoms with Gasteiger partial charge >= 0.3 is 0 Å². The Morgan fingerprint density at radius 3 is 1.33 bits per heavy atom. The van der Waals surface area contributed by atoms with E-state index >= 15 is 0 Å². The Bertz CT molecular complexity index is 62.0. The minimum Gasteiger partial charge on any atom is -0.0767 e. The molecule has 0 nitrogen and oxygen atoms in total. The second-order valence-electron chi connectivity index (χ2n) is 0.962. The zero-order chi connectivity index (χ0) is 3.54. The maximum Gasteiger partial charge on any atom is 0.00506 e. The van der Waals surface area contributed by atoms with Crippen LogP contribution in [0.2, 0.25) is 0 Å². The average molecular weight is 232 g/mol. The molecule has 0 N–H and O–H groups in total. The van der Waals surface area contributed by atoms with E-state index in [2.05, 4.69) is 0 Å². The number of hydrogen-bond donors (Lipinski definition) is 0.